The van der Waals surface area contributed by atoms with Crippen molar-refractivity contribution in [2.75, 3.05) is 13.2 Å². The summed E-state index contributed by atoms with van der Waals surface area (Å²) >= 11 is 11.6. The van der Waals surface area contributed by atoms with Crippen molar-refractivity contribution in [3.8, 4) is 0 Å². The van der Waals surface area contributed by atoms with Crippen molar-refractivity contribution in [3.05, 3.63) is 63.1 Å². The lowest BCUT2D eigenvalue weighted by Crippen LogP contribution is -2.22. The van der Waals surface area contributed by atoms with Gasteiger partial charge in [-0.3, -0.25) is 4.79 Å². The lowest BCUT2D eigenvalue weighted by molar-refractivity contribution is -0.143. The van der Waals surface area contributed by atoms with Gasteiger partial charge in [-0.15, -0.1) is 0 Å². The van der Waals surface area contributed by atoms with Crippen LogP contribution >= 0.6 is 39.5 Å². The number of nitrogens with zero attached hydrogens (tertiary/aromatic N) is 1. The van der Waals surface area contributed by atoms with E-state index < -0.39 is 0 Å². The number of hydrogen-bond donors (Lipinski definition) is 0. The predicted molar refractivity (Wildman–Crippen MR) is 167 cm³/mol. The van der Waals surface area contributed by atoms with Crippen LogP contribution in [0.1, 0.15) is 106 Å². The van der Waals surface area contributed by atoms with Crippen molar-refractivity contribution in [2.45, 2.75) is 106 Å². The maximum absolute atomic E-state index is 11.6. The minimum absolute atomic E-state index is 0.118. The number of benzene rings is 2. The van der Waals surface area contributed by atoms with E-state index >= 15 is 0 Å². The smallest absolute Gasteiger partial charge is 0.305 e. The molecule has 0 amide bonds. The van der Waals surface area contributed by atoms with Crippen molar-refractivity contribution >= 4 is 45.4 Å². The van der Waals surface area contributed by atoms with Gasteiger partial charge in [-0.05, 0) is 81.0 Å². The molecule has 2 aromatic rings. The Kier molecular flexibility index (Phi) is 29.7. The van der Waals surface area contributed by atoms with E-state index in [9.17, 15) is 4.79 Å². The van der Waals surface area contributed by atoms with Crippen LogP contribution in [0, 0.1) is 6.92 Å². The van der Waals surface area contributed by atoms with Gasteiger partial charge in [0.2, 0.25) is 0 Å². The summed E-state index contributed by atoms with van der Waals surface area (Å²) in [5, 5.41) is 0.780. The van der Waals surface area contributed by atoms with Crippen LogP contribution in [0.15, 0.2) is 51.8 Å². The molecule has 0 saturated carbocycles. The van der Waals surface area contributed by atoms with Crippen molar-refractivity contribution in [1.82, 2.24) is 4.31 Å². The highest BCUT2D eigenvalue weighted by Gasteiger charge is 2.19. The lowest BCUT2D eigenvalue weighted by atomic mass is 10.1. The molecule has 0 fully saturated rings. The second kappa shape index (κ2) is 27.0. The van der Waals surface area contributed by atoms with Crippen LogP contribution in [0.2, 0.25) is 5.02 Å². The standard InChI is InChI=1S/C22H27BrClNO2S.4C2H6/c1-4-27-22(26)13-5-6-14-25(17(3)18-9-7-10-19(23)15-18)28-21-12-8-11-20(24)16(21)2;4*1-2/h7-12,15,17H,4-6,13-14H2,1-3H3;4*1-2H3. The molecule has 0 aromatic heterocycles. The Labute approximate surface area is 241 Å². The van der Waals surface area contributed by atoms with Gasteiger partial charge in [0.15, 0.2) is 0 Å². The molecule has 0 heterocycles. The highest BCUT2D eigenvalue weighted by atomic mass is 79.9. The minimum Gasteiger partial charge on any atom is -0.466 e. The largest absolute Gasteiger partial charge is 0.466 e. The molecule has 0 aliphatic carbocycles. The van der Waals surface area contributed by atoms with Gasteiger partial charge >= 0.3 is 5.97 Å². The first-order valence-electron chi connectivity index (χ1n) is 13.5. The highest BCUT2D eigenvalue weighted by Crippen LogP contribution is 2.36. The summed E-state index contributed by atoms with van der Waals surface area (Å²) < 4.78 is 8.46. The molecule has 0 aliphatic heterocycles. The molecule has 0 saturated heterocycles. The van der Waals surface area contributed by atoms with Gasteiger partial charge in [0.1, 0.15) is 0 Å². The average Bonchev–Trinajstić information content (AvgIpc) is 2.92. The summed E-state index contributed by atoms with van der Waals surface area (Å²) in [6.07, 6.45) is 2.20. The Morgan fingerprint density at radius 2 is 1.58 bits per heavy atom. The average molecular weight is 605 g/mol. The maximum atomic E-state index is 11.6. The highest BCUT2D eigenvalue weighted by molar-refractivity contribution is 9.10. The zero-order valence-corrected chi connectivity index (χ0v) is 27.7. The van der Waals surface area contributed by atoms with E-state index in [1.165, 1.54) is 5.56 Å². The fraction of sp³-hybridized carbons (Fsp3) is 0.567. The number of ether oxygens (including phenoxy) is 1. The molecule has 0 spiro atoms. The van der Waals surface area contributed by atoms with Gasteiger partial charge < -0.3 is 4.74 Å². The van der Waals surface area contributed by atoms with Gasteiger partial charge in [0.05, 0.1) is 6.61 Å². The van der Waals surface area contributed by atoms with Crippen molar-refractivity contribution in [2.24, 2.45) is 0 Å². The van der Waals surface area contributed by atoms with Crippen LogP contribution < -0.4 is 0 Å². The van der Waals surface area contributed by atoms with Crippen molar-refractivity contribution in [1.29, 1.82) is 0 Å². The number of carbonyl (C=O) groups excluding carboxylic acids is 1. The quantitative estimate of drug-likeness (QED) is 0.153. The Hall–Kier alpha value is -1.01. The summed E-state index contributed by atoms with van der Waals surface area (Å²) in [6.45, 7) is 23.4. The van der Waals surface area contributed by atoms with Gasteiger partial charge in [-0.2, -0.15) is 0 Å². The molecule has 2 aromatic carbocycles. The zero-order chi connectivity index (χ0) is 28.5. The summed E-state index contributed by atoms with van der Waals surface area (Å²) in [7, 11) is 0. The van der Waals surface area contributed by atoms with Gasteiger partial charge in [-0.1, -0.05) is 101 Å². The SMILES string of the molecule is CC.CC.CC.CC.CCOC(=O)CCCCN(Sc1cccc(Cl)c1C)C(C)c1cccc(Br)c1. The molecule has 0 aliphatic rings. The Morgan fingerprint density at radius 1 is 1.00 bits per heavy atom. The number of esters is 1. The first kappa shape index (κ1) is 39.5. The molecule has 36 heavy (non-hydrogen) atoms. The number of hydrogen-bond acceptors (Lipinski definition) is 4. The maximum Gasteiger partial charge on any atom is 0.305 e. The van der Waals surface area contributed by atoms with Gasteiger partial charge in [0.25, 0.3) is 0 Å². The first-order valence-corrected chi connectivity index (χ1v) is 15.5. The molecule has 6 heteroatoms. The van der Waals surface area contributed by atoms with E-state index in [-0.39, 0.29) is 12.0 Å². The third kappa shape index (κ3) is 16.7. The third-order valence-electron chi connectivity index (χ3n) is 4.51. The van der Waals surface area contributed by atoms with Crippen LogP contribution in [0.3, 0.4) is 0 Å². The van der Waals surface area contributed by atoms with E-state index in [0.29, 0.717) is 13.0 Å². The molecule has 208 valence electrons. The van der Waals surface area contributed by atoms with Gasteiger partial charge in [-0.25, -0.2) is 4.31 Å². The normalized spacial score (nSPS) is 10.2. The zero-order valence-electron chi connectivity index (χ0n) is 24.6. The molecule has 2 rings (SSSR count). The van der Waals surface area contributed by atoms with Crippen LogP contribution in [-0.2, 0) is 9.53 Å². The van der Waals surface area contributed by atoms with Crippen LogP contribution in [0.4, 0.5) is 0 Å². The van der Waals surface area contributed by atoms with Crippen molar-refractivity contribution in [3.63, 3.8) is 0 Å². The molecule has 0 radical (unpaired) electrons. The van der Waals surface area contributed by atoms with Crippen LogP contribution in [0.25, 0.3) is 0 Å². The van der Waals surface area contributed by atoms with E-state index in [1.807, 2.05) is 87.4 Å². The summed E-state index contributed by atoms with van der Waals surface area (Å²) in [6, 6.07) is 14.6. The lowest BCUT2D eigenvalue weighted by Gasteiger charge is -2.29. The molecule has 1 unspecified atom stereocenters. The fourth-order valence-corrected chi connectivity index (χ4v) is 4.62. The Balaban J connectivity index is -0.00000124. The number of halogens is 2. The van der Waals surface area contributed by atoms with Crippen molar-refractivity contribution < 1.29 is 9.53 Å². The second-order valence-corrected chi connectivity index (χ2v) is 9.00. The van der Waals surface area contributed by atoms with Crippen LogP contribution in [0.5, 0.6) is 0 Å². The second-order valence-electron chi connectivity index (χ2n) is 6.59. The summed E-state index contributed by atoms with van der Waals surface area (Å²) in [5.74, 6) is -0.118. The molecular weight excluding hydrogens is 554 g/mol. The van der Waals surface area contributed by atoms with Crippen LogP contribution in [-0.4, -0.2) is 23.4 Å². The first-order chi connectivity index (χ1) is 17.4. The minimum atomic E-state index is -0.118. The van der Waals surface area contributed by atoms with E-state index in [4.69, 9.17) is 16.3 Å². The molecule has 0 bridgehead atoms. The molecule has 0 N–H and O–H groups in total. The molecule has 3 nitrogen and oxygen atoms in total. The number of carbonyl (C=O) groups is 1. The summed E-state index contributed by atoms with van der Waals surface area (Å²) in [4.78, 5) is 12.7. The number of unbranched alkanes of at least 4 members (excludes halogenated alkanes) is 1. The Bertz CT molecular complexity index is 789. The third-order valence-corrected chi connectivity index (χ3v) is 6.79. The Morgan fingerprint density at radius 3 is 2.14 bits per heavy atom. The van der Waals surface area contributed by atoms with E-state index in [1.54, 1.807) is 11.9 Å². The fourth-order valence-electron chi connectivity index (χ4n) is 2.83. The monoisotopic (exact) mass is 603 g/mol. The molecule has 1 atom stereocenters. The number of rotatable bonds is 10. The van der Waals surface area contributed by atoms with E-state index in [2.05, 4.69) is 51.4 Å². The summed E-state index contributed by atoms with van der Waals surface area (Å²) in [5.41, 5.74) is 2.33. The molecular formula is C30H51BrClNO2S. The van der Waals surface area contributed by atoms with E-state index in [0.717, 1.165) is 39.3 Å². The van der Waals surface area contributed by atoms with Gasteiger partial charge in [0, 0.05) is 33.4 Å². The topological polar surface area (TPSA) is 29.5 Å². The predicted octanol–water partition coefficient (Wildman–Crippen LogP) is 11.3.